The molecule has 41 heavy (non-hydrogen) atoms. The van der Waals surface area contributed by atoms with Crippen LogP contribution in [0.15, 0.2) is 71.5 Å². The van der Waals surface area contributed by atoms with Crippen LogP contribution in [0, 0.1) is 5.92 Å². The number of carbonyl (C=O) groups is 2. The Morgan fingerprint density at radius 1 is 1.00 bits per heavy atom. The standard InChI is InChI=1S/C31H34N4O6/c1-38-24-13-10-21(11-14-24)26-19-35(23-12-15-27(39-2)28(17-23)40-3)31(32-26)33-29(36)20-34(18-25-9-6-16-41-25)30(37)22-7-4-5-8-22/h6,9-17,19,22H,4-5,7-8,18,20H2,1-3H3,(H,32,33,36). The average molecular weight is 559 g/mol. The van der Waals surface area contributed by atoms with Crippen molar-refractivity contribution in [1.29, 1.82) is 0 Å². The van der Waals surface area contributed by atoms with Gasteiger partial charge in [0.25, 0.3) is 0 Å². The minimum absolute atomic E-state index is 0.0313. The maximum Gasteiger partial charge on any atom is 0.246 e. The molecule has 214 valence electrons. The molecule has 0 spiro atoms. The molecule has 2 aromatic heterocycles. The van der Waals surface area contributed by atoms with Gasteiger partial charge in [0.05, 0.1) is 45.5 Å². The number of imidazole rings is 1. The van der Waals surface area contributed by atoms with Crippen LogP contribution in [0.2, 0.25) is 0 Å². The van der Waals surface area contributed by atoms with Gasteiger partial charge in [-0.05, 0) is 61.4 Å². The second-order valence-electron chi connectivity index (χ2n) is 9.89. The molecule has 1 saturated carbocycles. The van der Waals surface area contributed by atoms with Gasteiger partial charge >= 0.3 is 0 Å². The summed E-state index contributed by atoms with van der Waals surface area (Å²) in [5, 5.41) is 2.94. The summed E-state index contributed by atoms with van der Waals surface area (Å²) in [6.45, 7) is 0.0870. The van der Waals surface area contributed by atoms with Gasteiger partial charge in [-0.15, -0.1) is 0 Å². The van der Waals surface area contributed by atoms with Crippen molar-refractivity contribution in [2.45, 2.75) is 32.2 Å². The normalized spacial score (nSPS) is 13.1. The number of hydrogen-bond acceptors (Lipinski definition) is 7. The molecule has 5 rings (SSSR count). The Labute approximate surface area is 238 Å². The Kier molecular flexibility index (Phi) is 8.57. The van der Waals surface area contributed by atoms with Crippen molar-refractivity contribution >= 4 is 17.8 Å². The molecule has 0 bridgehead atoms. The molecule has 2 amide bonds. The van der Waals surface area contributed by atoms with Gasteiger partial charge in [-0.2, -0.15) is 0 Å². The van der Waals surface area contributed by atoms with Crippen molar-refractivity contribution in [3.8, 4) is 34.2 Å². The summed E-state index contributed by atoms with van der Waals surface area (Å²) in [7, 11) is 4.75. The molecule has 0 radical (unpaired) electrons. The van der Waals surface area contributed by atoms with E-state index in [1.165, 1.54) is 0 Å². The van der Waals surface area contributed by atoms with Crippen LogP contribution in [0.5, 0.6) is 17.2 Å². The van der Waals surface area contributed by atoms with Gasteiger partial charge in [0.2, 0.25) is 17.8 Å². The third-order valence-corrected chi connectivity index (χ3v) is 7.27. The number of furan rings is 1. The molecule has 0 aliphatic heterocycles. The van der Waals surface area contributed by atoms with E-state index in [-0.39, 0.29) is 30.8 Å². The fourth-order valence-electron chi connectivity index (χ4n) is 5.11. The summed E-state index contributed by atoms with van der Waals surface area (Å²) >= 11 is 0. The molecule has 2 heterocycles. The van der Waals surface area contributed by atoms with Gasteiger partial charge in [0, 0.05) is 23.7 Å². The van der Waals surface area contributed by atoms with Crippen LogP contribution in [-0.2, 0) is 16.1 Å². The van der Waals surface area contributed by atoms with Crippen LogP contribution in [0.3, 0.4) is 0 Å². The second-order valence-corrected chi connectivity index (χ2v) is 9.89. The van der Waals surface area contributed by atoms with E-state index in [1.807, 2.05) is 36.5 Å². The number of ether oxygens (including phenoxy) is 3. The number of carbonyl (C=O) groups excluding carboxylic acids is 2. The number of methoxy groups -OCH3 is 3. The van der Waals surface area contributed by atoms with Crippen LogP contribution >= 0.6 is 0 Å². The minimum Gasteiger partial charge on any atom is -0.497 e. The Morgan fingerprint density at radius 3 is 2.41 bits per heavy atom. The number of amides is 2. The van der Waals surface area contributed by atoms with E-state index in [4.69, 9.17) is 23.6 Å². The first-order chi connectivity index (χ1) is 20.0. The minimum atomic E-state index is -0.364. The van der Waals surface area contributed by atoms with Gasteiger partial charge in [-0.1, -0.05) is 12.8 Å². The molecule has 10 heteroatoms. The van der Waals surface area contributed by atoms with E-state index in [1.54, 1.807) is 61.3 Å². The number of benzene rings is 2. The van der Waals surface area contributed by atoms with E-state index in [0.29, 0.717) is 34.6 Å². The highest BCUT2D eigenvalue weighted by atomic mass is 16.5. The number of rotatable bonds is 11. The number of aromatic nitrogens is 2. The predicted molar refractivity (Wildman–Crippen MR) is 153 cm³/mol. The second kappa shape index (κ2) is 12.6. The molecule has 4 aromatic rings. The first-order valence-electron chi connectivity index (χ1n) is 13.6. The molecule has 0 atom stereocenters. The number of nitrogens with one attached hydrogen (secondary N) is 1. The van der Waals surface area contributed by atoms with Gasteiger partial charge in [0.1, 0.15) is 18.1 Å². The molecule has 0 saturated heterocycles. The van der Waals surface area contributed by atoms with Crippen LogP contribution in [0.1, 0.15) is 31.4 Å². The first-order valence-corrected chi connectivity index (χ1v) is 13.6. The fraction of sp³-hybridized carbons (Fsp3) is 0.323. The zero-order valence-corrected chi connectivity index (χ0v) is 23.5. The van der Waals surface area contributed by atoms with Crippen molar-refractivity contribution in [3.05, 3.63) is 72.8 Å². The molecule has 1 fully saturated rings. The smallest absolute Gasteiger partial charge is 0.246 e. The summed E-state index contributed by atoms with van der Waals surface area (Å²) in [6, 6.07) is 16.5. The molecule has 1 N–H and O–H groups in total. The maximum atomic E-state index is 13.5. The number of anilines is 1. The Bertz CT molecular complexity index is 1470. The van der Waals surface area contributed by atoms with E-state index in [2.05, 4.69) is 5.32 Å². The summed E-state index contributed by atoms with van der Waals surface area (Å²) in [6.07, 6.45) is 7.12. The third-order valence-electron chi connectivity index (χ3n) is 7.27. The quantitative estimate of drug-likeness (QED) is 0.266. The fourth-order valence-corrected chi connectivity index (χ4v) is 5.11. The summed E-state index contributed by atoms with van der Waals surface area (Å²) in [4.78, 5) is 33.1. The van der Waals surface area contributed by atoms with E-state index < -0.39 is 0 Å². The van der Waals surface area contributed by atoms with Crippen molar-refractivity contribution in [3.63, 3.8) is 0 Å². The van der Waals surface area contributed by atoms with Gasteiger partial charge in [-0.3, -0.25) is 19.5 Å². The monoisotopic (exact) mass is 558 g/mol. The van der Waals surface area contributed by atoms with Crippen LogP contribution in [0.4, 0.5) is 5.95 Å². The Balaban J connectivity index is 1.44. The lowest BCUT2D eigenvalue weighted by molar-refractivity contribution is -0.139. The molecule has 10 nitrogen and oxygen atoms in total. The Morgan fingerprint density at radius 2 is 1.76 bits per heavy atom. The molecule has 1 aliphatic carbocycles. The van der Waals surface area contributed by atoms with Gasteiger partial charge < -0.3 is 23.5 Å². The van der Waals surface area contributed by atoms with Crippen molar-refractivity contribution in [1.82, 2.24) is 14.5 Å². The molecular weight excluding hydrogens is 524 g/mol. The van der Waals surface area contributed by atoms with Crippen molar-refractivity contribution in [2.75, 3.05) is 33.2 Å². The zero-order valence-electron chi connectivity index (χ0n) is 23.5. The summed E-state index contributed by atoms with van der Waals surface area (Å²) < 4.78 is 23.4. The molecule has 2 aromatic carbocycles. The maximum absolute atomic E-state index is 13.5. The first kappa shape index (κ1) is 27.8. The van der Waals surface area contributed by atoms with Gasteiger partial charge in [-0.25, -0.2) is 4.98 Å². The third kappa shape index (κ3) is 6.37. The van der Waals surface area contributed by atoms with Crippen molar-refractivity contribution in [2.24, 2.45) is 5.92 Å². The van der Waals surface area contributed by atoms with Crippen molar-refractivity contribution < 1.29 is 28.2 Å². The van der Waals surface area contributed by atoms with E-state index in [0.717, 1.165) is 37.0 Å². The summed E-state index contributed by atoms with van der Waals surface area (Å²) in [5.41, 5.74) is 2.20. The SMILES string of the molecule is COc1ccc(-c2cn(-c3ccc(OC)c(OC)c3)c(NC(=O)CN(Cc3ccco3)C(=O)C3CCCC3)n2)cc1. The largest absolute Gasteiger partial charge is 0.497 e. The lowest BCUT2D eigenvalue weighted by Crippen LogP contribution is -2.40. The summed E-state index contributed by atoms with van der Waals surface area (Å²) in [5.74, 6) is 2.30. The molecular formula is C31H34N4O6. The van der Waals surface area contributed by atoms with Crippen LogP contribution in [-0.4, -0.2) is 54.1 Å². The van der Waals surface area contributed by atoms with Crippen LogP contribution < -0.4 is 19.5 Å². The predicted octanol–water partition coefficient (Wildman–Crippen LogP) is 5.32. The molecule has 0 unspecified atom stereocenters. The number of hydrogen-bond donors (Lipinski definition) is 1. The molecule has 1 aliphatic rings. The average Bonchev–Trinajstić information content (AvgIpc) is 3.79. The lowest BCUT2D eigenvalue weighted by atomic mass is 10.1. The Hall–Kier alpha value is -4.73. The van der Waals surface area contributed by atoms with E-state index in [9.17, 15) is 9.59 Å². The number of nitrogens with zero attached hydrogens (tertiary/aromatic N) is 3. The highest BCUT2D eigenvalue weighted by molar-refractivity contribution is 5.94. The van der Waals surface area contributed by atoms with Crippen LogP contribution in [0.25, 0.3) is 16.9 Å². The zero-order chi connectivity index (χ0) is 28.8. The topological polar surface area (TPSA) is 108 Å². The highest BCUT2D eigenvalue weighted by Gasteiger charge is 2.29. The van der Waals surface area contributed by atoms with E-state index >= 15 is 0 Å². The van der Waals surface area contributed by atoms with Gasteiger partial charge in [0.15, 0.2) is 11.5 Å². The lowest BCUT2D eigenvalue weighted by Gasteiger charge is -2.24. The highest BCUT2D eigenvalue weighted by Crippen LogP contribution is 2.32.